The van der Waals surface area contributed by atoms with Crippen molar-refractivity contribution in [2.24, 2.45) is 58.2 Å². The Hall–Kier alpha value is -2.22. The SMILES string of the molecule is C=C(CO)C(=O)OCC(COC(=O)C(=C)CO)CO[C@H]1CC[C@@]2(C)C(=CC[C@H]3[C@@H]4CC[C@H]([C@H](C)/C=C/[C@H](C)C(C)C)[C@@]4(C)CC[C@@H]32)C1. The Morgan fingerprint density at radius 2 is 1.53 bits per heavy atom. The lowest BCUT2D eigenvalue weighted by atomic mass is 9.47. The first-order valence-corrected chi connectivity index (χ1v) is 18.2. The van der Waals surface area contributed by atoms with E-state index in [1.54, 1.807) is 5.57 Å². The lowest BCUT2D eigenvalue weighted by Crippen LogP contribution is -2.51. The molecule has 9 atom stereocenters. The lowest BCUT2D eigenvalue weighted by molar-refractivity contribution is -0.147. The third-order valence-corrected chi connectivity index (χ3v) is 13.0. The second kappa shape index (κ2) is 16.0. The van der Waals surface area contributed by atoms with Gasteiger partial charge in [-0.1, -0.05) is 78.5 Å². The van der Waals surface area contributed by atoms with Crippen LogP contribution in [0.15, 0.2) is 48.1 Å². The maximum atomic E-state index is 12.1. The molecule has 0 spiro atoms. The average Bonchev–Trinajstić information content (AvgIpc) is 3.42. The van der Waals surface area contributed by atoms with Crippen LogP contribution in [0, 0.1) is 58.2 Å². The molecule has 2 N–H and O–H groups in total. The lowest BCUT2D eigenvalue weighted by Gasteiger charge is -2.58. The van der Waals surface area contributed by atoms with Crippen molar-refractivity contribution in [2.45, 2.75) is 99.0 Å². The van der Waals surface area contributed by atoms with Gasteiger partial charge in [-0.05, 0) is 104 Å². The quantitative estimate of drug-likeness (QED) is 0.109. The summed E-state index contributed by atoms with van der Waals surface area (Å²) in [6.07, 6.45) is 17.1. The van der Waals surface area contributed by atoms with Crippen LogP contribution in [0.4, 0.5) is 0 Å². The summed E-state index contributed by atoms with van der Waals surface area (Å²) in [7, 11) is 0. The fraction of sp³-hybridized carbons (Fsp3) is 0.750. The number of carbonyl (C=O) groups is 2. The summed E-state index contributed by atoms with van der Waals surface area (Å²) in [5.74, 6) is 3.17. The van der Waals surface area contributed by atoms with Crippen molar-refractivity contribution in [3.05, 3.63) is 48.1 Å². The Balaban J connectivity index is 1.38. The van der Waals surface area contributed by atoms with Crippen molar-refractivity contribution >= 4 is 11.9 Å². The molecule has 0 aromatic heterocycles. The molecule has 0 aliphatic heterocycles. The zero-order chi connectivity index (χ0) is 34.5. The van der Waals surface area contributed by atoms with Gasteiger partial charge in [0.15, 0.2) is 0 Å². The molecular formula is C40H62O7. The first-order valence-electron chi connectivity index (χ1n) is 18.2. The number of aliphatic hydroxyl groups is 2. The second-order valence-electron chi connectivity index (χ2n) is 16.1. The molecular weight excluding hydrogens is 592 g/mol. The van der Waals surface area contributed by atoms with Crippen molar-refractivity contribution < 1.29 is 34.0 Å². The highest BCUT2D eigenvalue weighted by Crippen LogP contribution is 2.67. The van der Waals surface area contributed by atoms with E-state index in [2.05, 4.69) is 72.9 Å². The first-order chi connectivity index (χ1) is 22.2. The predicted octanol–water partition coefficient (Wildman–Crippen LogP) is 7.23. The molecule has 0 heterocycles. The van der Waals surface area contributed by atoms with E-state index in [0.717, 1.165) is 42.9 Å². The van der Waals surface area contributed by atoms with Gasteiger partial charge in [0.2, 0.25) is 0 Å². The highest BCUT2D eigenvalue weighted by Gasteiger charge is 2.59. The Bertz CT molecular complexity index is 1170. The Morgan fingerprint density at radius 3 is 2.13 bits per heavy atom. The normalized spacial score (nSPS) is 33.1. The van der Waals surface area contributed by atoms with E-state index in [0.29, 0.717) is 23.2 Å². The van der Waals surface area contributed by atoms with Crippen LogP contribution in [0.25, 0.3) is 0 Å². The number of carbonyl (C=O) groups excluding carboxylic acids is 2. The van der Waals surface area contributed by atoms with Crippen molar-refractivity contribution in [1.29, 1.82) is 0 Å². The standard InChI is InChI=1S/C40H62O7/c1-25(2)26(3)9-10-27(4)34-13-14-35-33-12-11-31-19-32(15-17-39(31,7)36(33)16-18-40(34,35)8)45-22-30(23-46-37(43)28(5)20-41)24-47-38(44)29(6)21-42/h9-11,25-27,30,32-36,41-42H,5-6,12-24H2,1-4,7-8H3/b10-9+/t26-,27+,32-,33-,34+,35-,36-,39-,40+/m0/s1. The fourth-order valence-electron chi connectivity index (χ4n) is 9.52. The van der Waals surface area contributed by atoms with Crippen LogP contribution in [-0.2, 0) is 23.8 Å². The van der Waals surface area contributed by atoms with Gasteiger partial charge in [-0.2, -0.15) is 0 Å². The third-order valence-electron chi connectivity index (χ3n) is 13.0. The summed E-state index contributed by atoms with van der Waals surface area (Å²) in [6.45, 7) is 20.8. The topological polar surface area (TPSA) is 102 Å². The molecule has 0 radical (unpaired) electrons. The van der Waals surface area contributed by atoms with E-state index in [4.69, 9.17) is 14.2 Å². The minimum Gasteiger partial charge on any atom is -0.462 e. The van der Waals surface area contributed by atoms with Crippen LogP contribution in [0.1, 0.15) is 92.9 Å². The zero-order valence-corrected chi connectivity index (χ0v) is 30.0. The van der Waals surface area contributed by atoms with Gasteiger partial charge >= 0.3 is 11.9 Å². The Labute approximate surface area is 283 Å². The molecule has 3 saturated carbocycles. The predicted molar refractivity (Wildman–Crippen MR) is 185 cm³/mol. The van der Waals surface area contributed by atoms with Gasteiger partial charge in [-0.15, -0.1) is 0 Å². The summed E-state index contributed by atoms with van der Waals surface area (Å²) < 4.78 is 17.1. The molecule has 0 amide bonds. The molecule has 0 unspecified atom stereocenters. The van der Waals surface area contributed by atoms with Crippen molar-refractivity contribution in [1.82, 2.24) is 0 Å². The monoisotopic (exact) mass is 654 g/mol. The van der Waals surface area contributed by atoms with Crippen LogP contribution in [0.5, 0.6) is 0 Å². The molecule has 0 bridgehead atoms. The molecule has 3 fully saturated rings. The molecule has 4 rings (SSSR count). The minimum absolute atomic E-state index is 0.0387. The first kappa shape index (κ1) is 37.6. The van der Waals surface area contributed by atoms with Gasteiger partial charge in [0.05, 0.1) is 56.2 Å². The Morgan fingerprint density at radius 1 is 0.894 bits per heavy atom. The van der Waals surface area contributed by atoms with Gasteiger partial charge in [-0.25, -0.2) is 9.59 Å². The summed E-state index contributed by atoms with van der Waals surface area (Å²) in [6, 6.07) is 0. The molecule has 47 heavy (non-hydrogen) atoms. The molecule has 7 nitrogen and oxygen atoms in total. The number of esters is 2. The average molecular weight is 655 g/mol. The maximum Gasteiger partial charge on any atom is 0.335 e. The van der Waals surface area contributed by atoms with Crippen LogP contribution in [-0.4, -0.2) is 61.3 Å². The van der Waals surface area contributed by atoms with Crippen molar-refractivity contribution in [2.75, 3.05) is 33.0 Å². The van der Waals surface area contributed by atoms with Gasteiger partial charge in [-0.3, -0.25) is 0 Å². The molecule has 0 saturated heterocycles. The van der Waals surface area contributed by atoms with E-state index in [-0.39, 0.29) is 42.5 Å². The largest absolute Gasteiger partial charge is 0.462 e. The second-order valence-corrected chi connectivity index (χ2v) is 16.1. The number of ether oxygens (including phenoxy) is 3. The minimum atomic E-state index is -0.692. The van der Waals surface area contributed by atoms with Crippen LogP contribution in [0.2, 0.25) is 0 Å². The van der Waals surface area contributed by atoms with E-state index >= 15 is 0 Å². The van der Waals surface area contributed by atoms with E-state index < -0.39 is 31.1 Å². The third kappa shape index (κ3) is 8.33. The summed E-state index contributed by atoms with van der Waals surface area (Å²) >= 11 is 0. The van der Waals surface area contributed by atoms with Gasteiger partial charge in [0, 0.05) is 0 Å². The smallest absolute Gasteiger partial charge is 0.335 e. The number of hydrogen-bond donors (Lipinski definition) is 2. The van der Waals surface area contributed by atoms with E-state index in [9.17, 15) is 19.8 Å². The number of allylic oxidation sites excluding steroid dienone is 3. The summed E-state index contributed by atoms with van der Waals surface area (Å²) in [5.41, 5.74) is 2.09. The number of fused-ring (bicyclic) bond motifs is 5. The maximum absolute atomic E-state index is 12.1. The van der Waals surface area contributed by atoms with Crippen LogP contribution in [0.3, 0.4) is 0 Å². The number of aliphatic hydroxyl groups excluding tert-OH is 2. The van der Waals surface area contributed by atoms with E-state index in [1.165, 1.54) is 32.1 Å². The molecule has 0 aromatic rings. The van der Waals surface area contributed by atoms with Crippen LogP contribution >= 0.6 is 0 Å². The van der Waals surface area contributed by atoms with E-state index in [1.807, 2.05) is 0 Å². The van der Waals surface area contributed by atoms with Crippen LogP contribution < -0.4 is 0 Å². The van der Waals surface area contributed by atoms with Gasteiger partial charge < -0.3 is 24.4 Å². The fourth-order valence-corrected chi connectivity index (χ4v) is 9.52. The number of rotatable bonds is 15. The highest BCUT2D eigenvalue weighted by atomic mass is 16.6. The molecule has 4 aliphatic rings. The summed E-state index contributed by atoms with van der Waals surface area (Å²) in [5, 5.41) is 18.4. The molecule has 0 aromatic carbocycles. The molecule has 4 aliphatic carbocycles. The summed E-state index contributed by atoms with van der Waals surface area (Å²) in [4.78, 5) is 24.2. The Kier molecular flexibility index (Phi) is 12.8. The van der Waals surface area contributed by atoms with Gasteiger partial charge in [0.1, 0.15) is 0 Å². The van der Waals surface area contributed by atoms with Crippen molar-refractivity contribution in [3.63, 3.8) is 0 Å². The zero-order valence-electron chi connectivity index (χ0n) is 30.0. The van der Waals surface area contributed by atoms with Gasteiger partial charge in [0.25, 0.3) is 0 Å². The van der Waals surface area contributed by atoms with Crippen molar-refractivity contribution in [3.8, 4) is 0 Å². The molecule has 264 valence electrons. The number of hydrogen-bond acceptors (Lipinski definition) is 7. The highest BCUT2D eigenvalue weighted by molar-refractivity contribution is 5.88. The molecule has 7 heteroatoms.